The SMILES string of the molecule is CCNC(c1ccc(C)cc1F)c1cc(Br)c(C)cc1Br. The van der Waals surface area contributed by atoms with Gasteiger partial charge in [-0.05, 0) is 55.3 Å². The molecule has 0 saturated heterocycles. The molecule has 0 spiro atoms. The fourth-order valence-electron chi connectivity index (χ4n) is 2.34. The van der Waals surface area contributed by atoms with E-state index in [0.717, 1.165) is 32.2 Å². The van der Waals surface area contributed by atoms with E-state index in [-0.39, 0.29) is 11.9 Å². The number of aryl methyl sites for hydroxylation is 2. The summed E-state index contributed by atoms with van der Waals surface area (Å²) < 4.78 is 16.4. The zero-order chi connectivity index (χ0) is 15.6. The van der Waals surface area contributed by atoms with Gasteiger partial charge in [-0.15, -0.1) is 0 Å². The molecule has 2 aromatic carbocycles. The van der Waals surface area contributed by atoms with E-state index in [2.05, 4.69) is 43.2 Å². The molecule has 0 radical (unpaired) electrons. The number of nitrogens with one attached hydrogen (secondary N) is 1. The fraction of sp³-hybridized carbons (Fsp3) is 0.294. The first-order valence-electron chi connectivity index (χ1n) is 6.89. The van der Waals surface area contributed by atoms with Crippen molar-refractivity contribution in [3.63, 3.8) is 0 Å². The molecule has 21 heavy (non-hydrogen) atoms. The molecule has 0 heterocycles. The Morgan fingerprint density at radius 2 is 1.76 bits per heavy atom. The highest BCUT2D eigenvalue weighted by Gasteiger charge is 2.20. The summed E-state index contributed by atoms with van der Waals surface area (Å²) in [6.45, 7) is 6.72. The maximum atomic E-state index is 14.4. The second-order valence-corrected chi connectivity index (χ2v) is 6.85. The predicted molar refractivity (Wildman–Crippen MR) is 93.2 cm³/mol. The molecule has 4 heteroatoms. The first-order chi connectivity index (χ1) is 9.93. The zero-order valence-corrected chi connectivity index (χ0v) is 15.5. The third-order valence-corrected chi connectivity index (χ3v) is 5.01. The maximum Gasteiger partial charge on any atom is 0.128 e. The van der Waals surface area contributed by atoms with Gasteiger partial charge >= 0.3 is 0 Å². The van der Waals surface area contributed by atoms with E-state index in [1.807, 2.05) is 39.0 Å². The van der Waals surface area contributed by atoms with Crippen LogP contribution in [0.3, 0.4) is 0 Å². The van der Waals surface area contributed by atoms with Crippen LogP contribution in [0.2, 0.25) is 0 Å². The van der Waals surface area contributed by atoms with Gasteiger partial charge in [0.25, 0.3) is 0 Å². The molecule has 0 amide bonds. The summed E-state index contributed by atoms with van der Waals surface area (Å²) in [6.07, 6.45) is 0. The van der Waals surface area contributed by atoms with Crippen LogP contribution in [0.25, 0.3) is 0 Å². The molecule has 1 unspecified atom stereocenters. The van der Waals surface area contributed by atoms with Gasteiger partial charge in [-0.2, -0.15) is 0 Å². The molecule has 1 N–H and O–H groups in total. The van der Waals surface area contributed by atoms with Gasteiger partial charge in [0, 0.05) is 14.5 Å². The van der Waals surface area contributed by atoms with Gasteiger partial charge in [0.1, 0.15) is 5.82 Å². The minimum Gasteiger partial charge on any atom is -0.306 e. The zero-order valence-electron chi connectivity index (χ0n) is 12.3. The van der Waals surface area contributed by atoms with Crippen LogP contribution in [0.5, 0.6) is 0 Å². The largest absolute Gasteiger partial charge is 0.306 e. The van der Waals surface area contributed by atoms with E-state index in [0.29, 0.717) is 5.56 Å². The molecule has 0 aliphatic carbocycles. The van der Waals surface area contributed by atoms with Crippen molar-refractivity contribution in [1.82, 2.24) is 5.32 Å². The lowest BCUT2D eigenvalue weighted by Gasteiger charge is -2.22. The molecule has 2 aromatic rings. The van der Waals surface area contributed by atoms with Crippen molar-refractivity contribution in [3.8, 4) is 0 Å². The van der Waals surface area contributed by atoms with Gasteiger partial charge in [0.2, 0.25) is 0 Å². The highest BCUT2D eigenvalue weighted by atomic mass is 79.9. The van der Waals surface area contributed by atoms with Gasteiger partial charge in [-0.3, -0.25) is 0 Å². The van der Waals surface area contributed by atoms with Crippen LogP contribution in [0.1, 0.15) is 35.2 Å². The van der Waals surface area contributed by atoms with Gasteiger partial charge in [-0.1, -0.05) is 50.9 Å². The number of hydrogen-bond acceptors (Lipinski definition) is 1. The summed E-state index contributed by atoms with van der Waals surface area (Å²) in [7, 11) is 0. The average Bonchev–Trinajstić information content (AvgIpc) is 2.41. The summed E-state index contributed by atoms with van der Waals surface area (Å²) in [5.74, 6) is -0.176. The molecule has 0 fully saturated rings. The van der Waals surface area contributed by atoms with Crippen LogP contribution >= 0.6 is 31.9 Å². The molecule has 1 nitrogen and oxygen atoms in total. The Morgan fingerprint density at radius 3 is 2.38 bits per heavy atom. The first-order valence-corrected chi connectivity index (χ1v) is 8.47. The Bertz CT molecular complexity index is 655. The molecular weight excluding hydrogens is 397 g/mol. The Morgan fingerprint density at radius 1 is 1.05 bits per heavy atom. The highest BCUT2D eigenvalue weighted by molar-refractivity contribution is 9.11. The summed E-state index contributed by atoms with van der Waals surface area (Å²) in [5.41, 5.74) is 3.76. The molecular formula is C17H18Br2FN. The minimum absolute atomic E-state index is 0.176. The lowest BCUT2D eigenvalue weighted by Crippen LogP contribution is -2.23. The number of hydrogen-bond donors (Lipinski definition) is 1. The van der Waals surface area contributed by atoms with Crippen molar-refractivity contribution in [2.24, 2.45) is 0 Å². The van der Waals surface area contributed by atoms with Crippen LogP contribution < -0.4 is 5.32 Å². The Kier molecular flexibility index (Phi) is 5.58. The second kappa shape index (κ2) is 7.03. The fourth-order valence-corrected chi connectivity index (χ4v) is 3.39. The molecule has 0 bridgehead atoms. The Hall–Kier alpha value is -0.710. The summed E-state index contributed by atoms with van der Waals surface area (Å²) >= 11 is 7.16. The number of halogens is 3. The van der Waals surface area contributed by atoms with Crippen LogP contribution in [-0.2, 0) is 0 Å². The van der Waals surface area contributed by atoms with Crippen molar-refractivity contribution in [3.05, 3.63) is 67.3 Å². The Balaban J connectivity index is 2.55. The molecule has 0 aromatic heterocycles. The predicted octanol–water partition coefficient (Wildman–Crippen LogP) is 5.67. The molecule has 0 aliphatic heterocycles. The number of benzene rings is 2. The lowest BCUT2D eigenvalue weighted by molar-refractivity contribution is 0.557. The van der Waals surface area contributed by atoms with Crippen LogP contribution in [0.15, 0.2) is 39.3 Å². The molecule has 0 aliphatic rings. The minimum atomic E-state index is -0.179. The molecule has 1 atom stereocenters. The normalized spacial score (nSPS) is 12.5. The Labute approximate surface area is 142 Å². The third-order valence-electron chi connectivity index (χ3n) is 3.46. The van der Waals surface area contributed by atoms with E-state index >= 15 is 0 Å². The highest BCUT2D eigenvalue weighted by Crippen LogP contribution is 2.34. The summed E-state index contributed by atoms with van der Waals surface area (Å²) in [4.78, 5) is 0. The van der Waals surface area contributed by atoms with E-state index in [9.17, 15) is 4.39 Å². The van der Waals surface area contributed by atoms with Crippen molar-refractivity contribution in [1.29, 1.82) is 0 Å². The van der Waals surface area contributed by atoms with E-state index < -0.39 is 0 Å². The lowest BCUT2D eigenvalue weighted by atomic mass is 9.96. The molecule has 112 valence electrons. The van der Waals surface area contributed by atoms with Crippen molar-refractivity contribution in [2.45, 2.75) is 26.8 Å². The van der Waals surface area contributed by atoms with Crippen LogP contribution in [-0.4, -0.2) is 6.54 Å². The average molecular weight is 415 g/mol. The first kappa shape index (κ1) is 16.7. The van der Waals surface area contributed by atoms with Crippen molar-refractivity contribution < 1.29 is 4.39 Å². The van der Waals surface area contributed by atoms with Gasteiger partial charge in [-0.25, -0.2) is 4.39 Å². The van der Waals surface area contributed by atoms with E-state index in [4.69, 9.17) is 0 Å². The van der Waals surface area contributed by atoms with Crippen molar-refractivity contribution >= 4 is 31.9 Å². The summed E-state index contributed by atoms with van der Waals surface area (Å²) in [5, 5.41) is 3.37. The smallest absolute Gasteiger partial charge is 0.128 e. The maximum absolute atomic E-state index is 14.4. The standard InChI is InChI=1S/C17H18Br2FN/c1-4-21-17(12-6-5-10(2)7-16(12)20)13-9-14(18)11(3)8-15(13)19/h5-9,17,21H,4H2,1-3H3. The van der Waals surface area contributed by atoms with E-state index in [1.165, 1.54) is 0 Å². The molecule has 2 rings (SSSR count). The van der Waals surface area contributed by atoms with Crippen LogP contribution in [0, 0.1) is 19.7 Å². The van der Waals surface area contributed by atoms with Crippen LogP contribution in [0.4, 0.5) is 4.39 Å². The molecule has 0 saturated carbocycles. The second-order valence-electron chi connectivity index (χ2n) is 5.14. The van der Waals surface area contributed by atoms with Crippen molar-refractivity contribution in [2.75, 3.05) is 6.54 Å². The van der Waals surface area contributed by atoms with E-state index in [1.54, 1.807) is 6.07 Å². The quantitative estimate of drug-likeness (QED) is 0.679. The topological polar surface area (TPSA) is 12.0 Å². The monoisotopic (exact) mass is 413 g/mol. The van der Waals surface area contributed by atoms with Gasteiger partial charge < -0.3 is 5.32 Å². The van der Waals surface area contributed by atoms with Gasteiger partial charge in [0.15, 0.2) is 0 Å². The number of rotatable bonds is 4. The van der Waals surface area contributed by atoms with Gasteiger partial charge in [0.05, 0.1) is 6.04 Å². The summed E-state index contributed by atoms with van der Waals surface area (Å²) in [6, 6.07) is 9.30. The third kappa shape index (κ3) is 3.74.